The van der Waals surface area contributed by atoms with Crippen molar-refractivity contribution >= 4 is 11.9 Å². The fourth-order valence-corrected chi connectivity index (χ4v) is 9.61. The standard InChI is InChI=1S/C58H112O10/c1-3-5-7-9-11-13-15-17-19-21-23-25-26-27-29-31-33-35-37-39-41-43-45-47-54(61)67-51(50-66-58-57(64)56(63)55(62)52(48-59)68-58)49-65-53(60)46-44-42-40-38-36-34-32-30-28-24-22-20-18-16-14-12-10-8-6-4-2/h51-52,55-59,62-64H,3-50H2,1-2H3. The summed E-state index contributed by atoms with van der Waals surface area (Å²) in [5, 5.41) is 40.3. The first kappa shape index (κ1) is 64.7. The molecule has 404 valence electrons. The van der Waals surface area contributed by atoms with Gasteiger partial charge in [-0.3, -0.25) is 9.59 Å². The van der Waals surface area contributed by atoms with Gasteiger partial charge in [0.05, 0.1) is 13.2 Å². The Hall–Kier alpha value is -1.30. The minimum atomic E-state index is -1.59. The molecule has 0 aromatic carbocycles. The quantitative estimate of drug-likeness (QED) is 0.0342. The normalized spacial score (nSPS) is 18.8. The Morgan fingerprint density at radius 3 is 1.00 bits per heavy atom. The molecule has 68 heavy (non-hydrogen) atoms. The van der Waals surface area contributed by atoms with Crippen LogP contribution >= 0.6 is 0 Å². The smallest absolute Gasteiger partial charge is 0.306 e. The van der Waals surface area contributed by atoms with Crippen molar-refractivity contribution in [2.75, 3.05) is 19.8 Å². The van der Waals surface area contributed by atoms with Crippen LogP contribution in [0, 0.1) is 0 Å². The van der Waals surface area contributed by atoms with Crippen LogP contribution in [0.25, 0.3) is 0 Å². The van der Waals surface area contributed by atoms with Gasteiger partial charge in [0.15, 0.2) is 12.4 Å². The first-order chi connectivity index (χ1) is 33.3. The molecule has 1 aliphatic rings. The lowest BCUT2D eigenvalue weighted by Gasteiger charge is -2.39. The van der Waals surface area contributed by atoms with E-state index in [1.807, 2.05) is 0 Å². The molecule has 0 aromatic heterocycles. The number of carbonyl (C=O) groups is 2. The number of aliphatic hydroxyl groups excluding tert-OH is 4. The summed E-state index contributed by atoms with van der Waals surface area (Å²) in [6.07, 6.45) is 48.4. The van der Waals surface area contributed by atoms with E-state index >= 15 is 0 Å². The predicted molar refractivity (Wildman–Crippen MR) is 280 cm³/mol. The van der Waals surface area contributed by atoms with Gasteiger partial charge in [-0.1, -0.05) is 277 Å². The molecule has 1 saturated heterocycles. The summed E-state index contributed by atoms with van der Waals surface area (Å²) >= 11 is 0. The van der Waals surface area contributed by atoms with E-state index in [9.17, 15) is 30.0 Å². The number of aliphatic hydroxyl groups is 4. The lowest BCUT2D eigenvalue weighted by molar-refractivity contribution is -0.305. The maximum Gasteiger partial charge on any atom is 0.306 e. The molecule has 0 amide bonds. The maximum absolute atomic E-state index is 12.9. The number of rotatable bonds is 52. The van der Waals surface area contributed by atoms with Crippen LogP contribution in [0.5, 0.6) is 0 Å². The first-order valence-corrected chi connectivity index (χ1v) is 29.6. The van der Waals surface area contributed by atoms with Crippen molar-refractivity contribution < 1.29 is 49.0 Å². The van der Waals surface area contributed by atoms with Gasteiger partial charge in [0.2, 0.25) is 0 Å². The van der Waals surface area contributed by atoms with Crippen molar-refractivity contribution in [2.24, 2.45) is 0 Å². The highest BCUT2D eigenvalue weighted by Crippen LogP contribution is 2.23. The number of carbonyl (C=O) groups excluding carboxylic acids is 2. The fourth-order valence-electron chi connectivity index (χ4n) is 9.61. The van der Waals surface area contributed by atoms with Gasteiger partial charge in [-0.2, -0.15) is 0 Å². The van der Waals surface area contributed by atoms with Crippen molar-refractivity contribution in [2.45, 2.75) is 340 Å². The van der Waals surface area contributed by atoms with E-state index in [0.717, 1.165) is 32.1 Å². The summed E-state index contributed by atoms with van der Waals surface area (Å²) in [6, 6.07) is 0. The molecule has 0 saturated carbocycles. The lowest BCUT2D eigenvalue weighted by Crippen LogP contribution is -2.59. The van der Waals surface area contributed by atoms with Gasteiger partial charge >= 0.3 is 11.9 Å². The summed E-state index contributed by atoms with van der Waals surface area (Å²) in [7, 11) is 0. The third kappa shape index (κ3) is 39.3. The molecule has 10 heteroatoms. The Morgan fingerprint density at radius 1 is 0.397 bits per heavy atom. The molecule has 0 aliphatic carbocycles. The van der Waals surface area contributed by atoms with Crippen LogP contribution in [0.3, 0.4) is 0 Å². The highest BCUT2D eigenvalue weighted by Gasteiger charge is 2.44. The highest BCUT2D eigenvalue weighted by molar-refractivity contribution is 5.70. The topological polar surface area (TPSA) is 152 Å². The Morgan fingerprint density at radius 2 is 0.691 bits per heavy atom. The van der Waals surface area contributed by atoms with Crippen LogP contribution in [0.2, 0.25) is 0 Å². The Kier molecular flexibility index (Phi) is 46.9. The summed E-state index contributed by atoms with van der Waals surface area (Å²) in [5.41, 5.74) is 0. The minimum Gasteiger partial charge on any atom is -0.462 e. The van der Waals surface area contributed by atoms with Crippen molar-refractivity contribution in [1.82, 2.24) is 0 Å². The lowest BCUT2D eigenvalue weighted by atomic mass is 9.99. The average Bonchev–Trinajstić information content (AvgIpc) is 3.34. The van der Waals surface area contributed by atoms with E-state index in [1.165, 1.54) is 238 Å². The van der Waals surface area contributed by atoms with Crippen molar-refractivity contribution in [3.63, 3.8) is 0 Å². The molecule has 6 atom stereocenters. The molecule has 4 N–H and O–H groups in total. The van der Waals surface area contributed by atoms with Crippen LogP contribution < -0.4 is 0 Å². The van der Waals surface area contributed by atoms with E-state index in [2.05, 4.69) is 13.8 Å². The molecule has 0 bridgehead atoms. The van der Waals surface area contributed by atoms with Gasteiger partial charge in [-0.05, 0) is 12.8 Å². The van der Waals surface area contributed by atoms with Gasteiger partial charge in [-0.15, -0.1) is 0 Å². The Bertz CT molecular complexity index is 1070. The number of hydrogen-bond donors (Lipinski definition) is 4. The fraction of sp³-hybridized carbons (Fsp3) is 0.966. The molecule has 0 radical (unpaired) electrons. The summed E-state index contributed by atoms with van der Waals surface area (Å²) < 4.78 is 22.3. The van der Waals surface area contributed by atoms with E-state index < -0.39 is 49.4 Å². The van der Waals surface area contributed by atoms with Crippen LogP contribution in [0.4, 0.5) is 0 Å². The number of unbranched alkanes of at least 4 members (excludes halogenated alkanes) is 41. The predicted octanol–water partition coefficient (Wildman–Crippen LogP) is 14.9. The van der Waals surface area contributed by atoms with Crippen LogP contribution in [-0.4, -0.2) is 89.0 Å². The third-order valence-corrected chi connectivity index (χ3v) is 14.2. The molecular weight excluding hydrogens is 857 g/mol. The van der Waals surface area contributed by atoms with Crippen LogP contribution in [0.1, 0.15) is 303 Å². The number of ether oxygens (including phenoxy) is 4. The molecule has 1 aliphatic heterocycles. The van der Waals surface area contributed by atoms with Gasteiger partial charge in [0.25, 0.3) is 0 Å². The summed E-state index contributed by atoms with van der Waals surface area (Å²) in [4.78, 5) is 25.6. The van der Waals surface area contributed by atoms with Crippen molar-refractivity contribution in [1.29, 1.82) is 0 Å². The average molecular weight is 970 g/mol. The molecule has 0 spiro atoms. The summed E-state index contributed by atoms with van der Waals surface area (Å²) in [5.74, 6) is -0.780. The van der Waals surface area contributed by atoms with Gasteiger partial charge < -0.3 is 39.4 Å². The Labute approximate surface area is 418 Å². The van der Waals surface area contributed by atoms with E-state index in [1.54, 1.807) is 0 Å². The molecule has 6 unspecified atom stereocenters. The SMILES string of the molecule is CCCCCCCCCCCCCCCCCCCCCCCCCC(=O)OC(COC(=O)CCCCCCCCCCCCCCCCCCCCCC)COC1OC(CO)C(O)C(O)C1O. The zero-order chi connectivity index (χ0) is 49.4. The number of esters is 2. The van der Waals surface area contributed by atoms with E-state index in [0.29, 0.717) is 6.42 Å². The molecule has 1 fully saturated rings. The van der Waals surface area contributed by atoms with Crippen molar-refractivity contribution in [3.8, 4) is 0 Å². The summed E-state index contributed by atoms with van der Waals surface area (Å²) in [6.45, 7) is 3.51. The second kappa shape index (κ2) is 49.3. The highest BCUT2D eigenvalue weighted by atomic mass is 16.7. The third-order valence-electron chi connectivity index (χ3n) is 14.2. The maximum atomic E-state index is 12.9. The first-order valence-electron chi connectivity index (χ1n) is 29.6. The van der Waals surface area contributed by atoms with E-state index in [-0.39, 0.29) is 32.0 Å². The number of hydrogen-bond acceptors (Lipinski definition) is 10. The van der Waals surface area contributed by atoms with Crippen LogP contribution in [-0.2, 0) is 28.5 Å². The zero-order valence-corrected chi connectivity index (χ0v) is 44.6. The van der Waals surface area contributed by atoms with Gasteiger partial charge in [-0.25, -0.2) is 0 Å². The van der Waals surface area contributed by atoms with Crippen LogP contribution in [0.15, 0.2) is 0 Å². The van der Waals surface area contributed by atoms with E-state index in [4.69, 9.17) is 18.9 Å². The largest absolute Gasteiger partial charge is 0.462 e. The molecular formula is C58H112O10. The van der Waals surface area contributed by atoms with Gasteiger partial charge in [0, 0.05) is 12.8 Å². The minimum absolute atomic E-state index is 0.208. The molecule has 10 nitrogen and oxygen atoms in total. The molecule has 0 aromatic rings. The second-order valence-electron chi connectivity index (χ2n) is 20.8. The second-order valence-corrected chi connectivity index (χ2v) is 20.8. The molecule has 1 rings (SSSR count). The Balaban J connectivity index is 2.17. The molecule has 1 heterocycles. The zero-order valence-electron chi connectivity index (χ0n) is 44.6. The van der Waals surface area contributed by atoms with Gasteiger partial charge in [0.1, 0.15) is 31.0 Å². The van der Waals surface area contributed by atoms with Crippen molar-refractivity contribution in [3.05, 3.63) is 0 Å². The monoisotopic (exact) mass is 969 g/mol.